The molecule has 3 N–H and O–H groups in total. The zero-order valence-electron chi connectivity index (χ0n) is 9.72. The summed E-state index contributed by atoms with van der Waals surface area (Å²) in [5.74, 6) is 3.19. The first-order valence-corrected chi connectivity index (χ1v) is 7.56. The summed E-state index contributed by atoms with van der Waals surface area (Å²) in [4.78, 5) is 3.71. The van der Waals surface area contributed by atoms with Crippen molar-refractivity contribution >= 4 is 11.8 Å². The van der Waals surface area contributed by atoms with E-state index in [1.54, 1.807) is 16.8 Å². The van der Waals surface area contributed by atoms with Crippen LogP contribution in [0.2, 0.25) is 0 Å². The van der Waals surface area contributed by atoms with Crippen LogP contribution < -0.4 is 5.73 Å². The predicted octanol–water partition coefficient (Wildman–Crippen LogP) is 2.92. The highest BCUT2D eigenvalue weighted by Crippen LogP contribution is 2.41. The lowest BCUT2D eigenvalue weighted by Gasteiger charge is -2.11. The molecule has 1 fully saturated rings. The molecule has 2 heterocycles. The maximum Gasteiger partial charge on any atom is 0.0342 e. The van der Waals surface area contributed by atoms with Gasteiger partial charge in [0, 0.05) is 22.9 Å². The fourth-order valence-corrected chi connectivity index (χ4v) is 4.31. The van der Waals surface area contributed by atoms with Gasteiger partial charge in [0.05, 0.1) is 0 Å². The van der Waals surface area contributed by atoms with Crippen molar-refractivity contribution in [3.63, 3.8) is 0 Å². The van der Waals surface area contributed by atoms with Gasteiger partial charge in [0.2, 0.25) is 0 Å². The minimum absolute atomic E-state index is 0.786. The highest BCUT2D eigenvalue weighted by atomic mass is 32.2. The normalized spacial score (nSPS) is 20.6. The lowest BCUT2D eigenvalue weighted by atomic mass is 9.96. The summed E-state index contributed by atoms with van der Waals surface area (Å²) < 4.78 is 0. The number of thioether (sulfide) groups is 1. The van der Waals surface area contributed by atoms with E-state index < -0.39 is 0 Å². The Kier molecular flexibility index (Phi) is 2.99. The van der Waals surface area contributed by atoms with Gasteiger partial charge < -0.3 is 10.7 Å². The molecule has 16 heavy (non-hydrogen) atoms. The first-order chi connectivity index (χ1) is 7.90. The summed E-state index contributed by atoms with van der Waals surface area (Å²) in [5.41, 5.74) is 12.0. The molecular weight excluding hydrogens is 216 g/mol. The molecule has 0 saturated heterocycles. The van der Waals surface area contributed by atoms with Crippen molar-refractivity contribution in [1.29, 1.82) is 0 Å². The van der Waals surface area contributed by atoms with Crippen LogP contribution in [0.1, 0.15) is 54.1 Å². The van der Waals surface area contributed by atoms with Crippen molar-refractivity contribution < 1.29 is 0 Å². The Morgan fingerprint density at radius 1 is 1.25 bits per heavy atom. The highest BCUT2D eigenvalue weighted by molar-refractivity contribution is 7.98. The summed E-state index contributed by atoms with van der Waals surface area (Å²) in [6.45, 7) is 0.786. The molecule has 0 atom stereocenters. The van der Waals surface area contributed by atoms with Crippen molar-refractivity contribution in [2.45, 2.75) is 49.5 Å². The molecule has 1 aliphatic carbocycles. The van der Waals surface area contributed by atoms with E-state index in [9.17, 15) is 0 Å². The maximum atomic E-state index is 5.76. The molecule has 0 unspecified atom stereocenters. The Morgan fingerprint density at radius 2 is 2.06 bits per heavy atom. The van der Waals surface area contributed by atoms with Crippen molar-refractivity contribution in [2.24, 2.45) is 5.73 Å². The van der Waals surface area contributed by atoms with Crippen LogP contribution in [0.15, 0.2) is 0 Å². The number of rotatable bonds is 3. The zero-order valence-corrected chi connectivity index (χ0v) is 10.5. The second kappa shape index (κ2) is 4.46. The largest absolute Gasteiger partial charge is 0.361 e. The smallest absolute Gasteiger partial charge is 0.0342 e. The van der Waals surface area contributed by atoms with Gasteiger partial charge in [-0.1, -0.05) is 12.8 Å². The SMILES string of the molecule is NCCc1c(C2CCCC2)[nH]c2c1CSC2. The van der Waals surface area contributed by atoms with Crippen molar-refractivity contribution in [3.05, 3.63) is 22.5 Å². The molecule has 1 aromatic heterocycles. The van der Waals surface area contributed by atoms with Gasteiger partial charge >= 0.3 is 0 Å². The van der Waals surface area contributed by atoms with Crippen LogP contribution in [-0.4, -0.2) is 11.5 Å². The number of nitrogens with one attached hydrogen (secondary N) is 1. The summed E-state index contributed by atoms with van der Waals surface area (Å²) in [6, 6.07) is 0. The van der Waals surface area contributed by atoms with Crippen LogP contribution in [0.5, 0.6) is 0 Å². The Morgan fingerprint density at radius 3 is 2.81 bits per heavy atom. The second-order valence-corrected chi connectivity index (χ2v) is 5.97. The van der Waals surface area contributed by atoms with E-state index in [2.05, 4.69) is 4.98 Å². The zero-order chi connectivity index (χ0) is 11.0. The third kappa shape index (κ3) is 1.70. The summed E-state index contributed by atoms with van der Waals surface area (Å²) in [6.07, 6.45) is 6.64. The molecule has 88 valence electrons. The fourth-order valence-electron chi connectivity index (χ4n) is 3.20. The number of H-pyrrole nitrogens is 1. The van der Waals surface area contributed by atoms with Gasteiger partial charge in [-0.25, -0.2) is 0 Å². The molecule has 0 bridgehead atoms. The van der Waals surface area contributed by atoms with Crippen LogP contribution in [0.25, 0.3) is 0 Å². The van der Waals surface area contributed by atoms with Crippen LogP contribution in [-0.2, 0) is 17.9 Å². The first kappa shape index (κ1) is 10.7. The second-order valence-electron chi connectivity index (χ2n) is 4.99. The van der Waals surface area contributed by atoms with E-state index in [-0.39, 0.29) is 0 Å². The lowest BCUT2D eigenvalue weighted by Crippen LogP contribution is -2.07. The monoisotopic (exact) mass is 236 g/mol. The number of nitrogens with two attached hydrogens (primary N) is 1. The van der Waals surface area contributed by atoms with Gasteiger partial charge in [-0.2, -0.15) is 11.8 Å². The van der Waals surface area contributed by atoms with Gasteiger partial charge in [-0.15, -0.1) is 0 Å². The van der Waals surface area contributed by atoms with Gasteiger partial charge in [-0.05, 0) is 42.9 Å². The van der Waals surface area contributed by atoms with Crippen molar-refractivity contribution in [1.82, 2.24) is 4.98 Å². The Hall–Kier alpha value is -0.410. The quantitative estimate of drug-likeness (QED) is 0.847. The average Bonchev–Trinajstić information content (AvgIpc) is 2.93. The molecule has 0 spiro atoms. The molecular formula is C13H20N2S. The van der Waals surface area contributed by atoms with Crippen LogP contribution in [0.4, 0.5) is 0 Å². The van der Waals surface area contributed by atoms with Gasteiger partial charge in [-0.3, -0.25) is 0 Å². The molecule has 0 amide bonds. The molecule has 1 saturated carbocycles. The van der Waals surface area contributed by atoms with E-state index in [1.165, 1.54) is 42.9 Å². The minimum atomic E-state index is 0.786. The lowest BCUT2D eigenvalue weighted by molar-refractivity contribution is 0.689. The molecule has 0 aromatic carbocycles. The number of hydrogen-bond donors (Lipinski definition) is 2. The molecule has 2 nitrogen and oxygen atoms in total. The molecule has 0 radical (unpaired) electrons. The van der Waals surface area contributed by atoms with Crippen molar-refractivity contribution in [2.75, 3.05) is 6.54 Å². The highest BCUT2D eigenvalue weighted by Gasteiger charge is 2.27. The molecule has 1 aromatic rings. The summed E-state index contributed by atoms with van der Waals surface area (Å²) in [5, 5.41) is 0. The first-order valence-electron chi connectivity index (χ1n) is 6.40. The summed E-state index contributed by atoms with van der Waals surface area (Å²) >= 11 is 2.03. The van der Waals surface area contributed by atoms with E-state index in [1.807, 2.05) is 11.8 Å². The summed E-state index contributed by atoms with van der Waals surface area (Å²) in [7, 11) is 0. The van der Waals surface area contributed by atoms with Crippen LogP contribution >= 0.6 is 11.8 Å². The minimum Gasteiger partial charge on any atom is -0.361 e. The molecule has 2 aliphatic rings. The fraction of sp³-hybridized carbons (Fsp3) is 0.692. The van der Waals surface area contributed by atoms with E-state index >= 15 is 0 Å². The topological polar surface area (TPSA) is 41.8 Å². The third-order valence-electron chi connectivity index (χ3n) is 3.99. The molecule has 3 rings (SSSR count). The van der Waals surface area contributed by atoms with Crippen LogP contribution in [0.3, 0.4) is 0 Å². The number of hydrogen-bond acceptors (Lipinski definition) is 2. The van der Waals surface area contributed by atoms with E-state index in [0.29, 0.717) is 0 Å². The Bertz CT molecular complexity index is 378. The van der Waals surface area contributed by atoms with E-state index in [0.717, 1.165) is 18.9 Å². The predicted molar refractivity (Wildman–Crippen MR) is 69.8 cm³/mol. The van der Waals surface area contributed by atoms with Gasteiger partial charge in [0.25, 0.3) is 0 Å². The number of fused-ring (bicyclic) bond motifs is 1. The van der Waals surface area contributed by atoms with Gasteiger partial charge in [0.15, 0.2) is 0 Å². The standard InChI is InChI=1S/C13H20N2S/c14-6-5-10-11-7-16-8-12(11)15-13(10)9-3-1-2-4-9/h9,15H,1-8,14H2. The number of aromatic amines is 1. The third-order valence-corrected chi connectivity index (χ3v) is 4.98. The van der Waals surface area contributed by atoms with Gasteiger partial charge in [0.1, 0.15) is 0 Å². The maximum absolute atomic E-state index is 5.76. The molecule has 1 aliphatic heterocycles. The van der Waals surface area contributed by atoms with E-state index in [4.69, 9.17) is 5.73 Å². The average molecular weight is 236 g/mol. The Balaban J connectivity index is 1.96. The van der Waals surface area contributed by atoms with Crippen molar-refractivity contribution in [3.8, 4) is 0 Å². The molecule has 3 heteroatoms. The Labute approximate surface area is 101 Å². The number of aromatic nitrogens is 1. The van der Waals surface area contributed by atoms with Crippen LogP contribution in [0, 0.1) is 0 Å².